The van der Waals surface area contributed by atoms with Gasteiger partial charge in [-0.15, -0.1) is 0 Å². The maximum absolute atomic E-state index is 4.06. The van der Waals surface area contributed by atoms with E-state index in [0.29, 0.717) is 0 Å². The molecule has 0 aromatic rings. The van der Waals surface area contributed by atoms with Gasteiger partial charge in [-0.3, -0.25) is 9.91 Å². The van der Waals surface area contributed by atoms with Crippen molar-refractivity contribution in [3.8, 4) is 0 Å². The van der Waals surface area contributed by atoms with Gasteiger partial charge in [0, 0.05) is 38.6 Å². The fourth-order valence-electron chi connectivity index (χ4n) is 2.11. The van der Waals surface area contributed by atoms with E-state index in [-0.39, 0.29) is 5.66 Å². The van der Waals surface area contributed by atoms with Crippen LogP contribution in [0.2, 0.25) is 0 Å². The molecule has 1 fully saturated rings. The minimum Gasteiger partial charge on any atom is -0.314 e. The summed E-state index contributed by atoms with van der Waals surface area (Å²) in [6.07, 6.45) is 0. The van der Waals surface area contributed by atoms with Gasteiger partial charge in [-0.05, 0) is 20.8 Å². The maximum atomic E-state index is 4.06. The van der Waals surface area contributed by atoms with Crippen molar-refractivity contribution in [3.05, 3.63) is 12.3 Å². The molecule has 0 aromatic carbocycles. The van der Waals surface area contributed by atoms with Crippen LogP contribution in [0.4, 0.5) is 0 Å². The fraction of sp³-hybridized carbons (Fsp3) is 0.727. The molecule has 15 heavy (non-hydrogen) atoms. The molecule has 1 aliphatic rings. The lowest BCUT2D eigenvalue weighted by Crippen LogP contribution is -2.59. The highest BCUT2D eigenvalue weighted by Gasteiger charge is 2.33. The third kappa shape index (κ3) is 2.58. The van der Waals surface area contributed by atoms with Gasteiger partial charge in [0.05, 0.1) is 0 Å². The van der Waals surface area contributed by atoms with Crippen molar-refractivity contribution in [1.82, 2.24) is 15.2 Å². The largest absolute Gasteiger partial charge is 0.314 e. The van der Waals surface area contributed by atoms with Crippen LogP contribution in [0.5, 0.6) is 0 Å². The Balaban J connectivity index is 2.77. The van der Waals surface area contributed by atoms with E-state index in [9.17, 15) is 0 Å². The zero-order chi connectivity index (χ0) is 11.5. The smallest absolute Gasteiger partial charge is 0.109 e. The van der Waals surface area contributed by atoms with Crippen molar-refractivity contribution in [2.45, 2.75) is 26.4 Å². The first-order valence-electron chi connectivity index (χ1n) is 5.38. The molecule has 1 N–H and O–H groups in total. The van der Waals surface area contributed by atoms with Crippen LogP contribution in [0.1, 0.15) is 20.8 Å². The molecular formula is C11H22N4. The predicted molar refractivity (Wildman–Crippen MR) is 64.7 cm³/mol. The van der Waals surface area contributed by atoms with Crippen LogP contribution in [-0.4, -0.2) is 48.5 Å². The summed E-state index contributed by atoms with van der Waals surface area (Å²) < 4.78 is 0. The van der Waals surface area contributed by atoms with Gasteiger partial charge in [-0.1, -0.05) is 6.58 Å². The minimum atomic E-state index is -0.143. The number of hydrogen-bond acceptors (Lipinski definition) is 4. The molecule has 0 bridgehead atoms. The van der Waals surface area contributed by atoms with Gasteiger partial charge in [-0.2, -0.15) is 5.10 Å². The first kappa shape index (κ1) is 12.2. The van der Waals surface area contributed by atoms with Gasteiger partial charge in [0.2, 0.25) is 0 Å². The Hall–Kier alpha value is -0.870. The fourth-order valence-corrected chi connectivity index (χ4v) is 2.11. The Bertz CT molecular complexity index is 241. The Morgan fingerprint density at radius 3 is 2.33 bits per heavy atom. The summed E-state index contributed by atoms with van der Waals surface area (Å²) in [6, 6.07) is 0. The van der Waals surface area contributed by atoms with Crippen LogP contribution < -0.4 is 5.32 Å². The molecule has 0 aliphatic carbocycles. The standard InChI is InChI=1S/C11H22N4/c1-10(2)15(12-5)11(3,4)14-8-6-13-7-9-14/h13H,1,5-9H2,2-4H3. The summed E-state index contributed by atoms with van der Waals surface area (Å²) in [5.74, 6) is 0. The van der Waals surface area contributed by atoms with Crippen molar-refractivity contribution in [1.29, 1.82) is 0 Å². The quantitative estimate of drug-likeness (QED) is 0.556. The molecule has 1 heterocycles. The van der Waals surface area contributed by atoms with Gasteiger partial charge < -0.3 is 5.32 Å². The molecule has 0 atom stereocenters. The first-order chi connectivity index (χ1) is 7.00. The molecule has 0 amide bonds. The topological polar surface area (TPSA) is 30.9 Å². The van der Waals surface area contributed by atoms with Crippen molar-refractivity contribution in [2.75, 3.05) is 26.2 Å². The van der Waals surface area contributed by atoms with Crippen LogP contribution in [0, 0.1) is 0 Å². The van der Waals surface area contributed by atoms with Gasteiger partial charge in [0.1, 0.15) is 5.66 Å². The molecular weight excluding hydrogens is 188 g/mol. The number of allylic oxidation sites excluding steroid dienone is 1. The zero-order valence-corrected chi connectivity index (χ0v) is 10.1. The van der Waals surface area contributed by atoms with Gasteiger partial charge in [-0.25, -0.2) is 0 Å². The molecule has 0 radical (unpaired) electrons. The summed E-state index contributed by atoms with van der Waals surface area (Å²) in [5.41, 5.74) is 0.781. The van der Waals surface area contributed by atoms with Crippen molar-refractivity contribution < 1.29 is 0 Å². The van der Waals surface area contributed by atoms with Crippen LogP contribution in [0.25, 0.3) is 0 Å². The van der Waals surface area contributed by atoms with E-state index in [2.05, 4.69) is 42.5 Å². The van der Waals surface area contributed by atoms with E-state index >= 15 is 0 Å². The molecule has 1 rings (SSSR count). The van der Waals surface area contributed by atoms with Crippen LogP contribution >= 0.6 is 0 Å². The third-order valence-electron chi connectivity index (χ3n) is 2.91. The summed E-state index contributed by atoms with van der Waals surface area (Å²) in [5, 5.41) is 9.29. The molecule has 1 aliphatic heterocycles. The first-order valence-corrected chi connectivity index (χ1v) is 5.38. The SMILES string of the molecule is C=NN(C(=C)C)C(C)(C)N1CCNCC1. The van der Waals surface area contributed by atoms with E-state index in [1.54, 1.807) is 0 Å². The van der Waals surface area contributed by atoms with E-state index in [4.69, 9.17) is 0 Å². The lowest BCUT2D eigenvalue weighted by molar-refractivity contribution is -0.0157. The third-order valence-corrected chi connectivity index (χ3v) is 2.91. The van der Waals surface area contributed by atoms with Crippen molar-refractivity contribution in [3.63, 3.8) is 0 Å². The highest BCUT2D eigenvalue weighted by atomic mass is 15.6. The second kappa shape index (κ2) is 4.77. The van der Waals surface area contributed by atoms with E-state index < -0.39 is 0 Å². The highest BCUT2D eigenvalue weighted by molar-refractivity contribution is 5.23. The lowest BCUT2D eigenvalue weighted by atomic mass is 10.1. The molecule has 4 nitrogen and oxygen atoms in total. The Labute approximate surface area is 92.6 Å². The van der Waals surface area contributed by atoms with Gasteiger partial charge >= 0.3 is 0 Å². The number of rotatable bonds is 4. The van der Waals surface area contributed by atoms with Crippen LogP contribution in [-0.2, 0) is 0 Å². The highest BCUT2D eigenvalue weighted by Crippen LogP contribution is 2.23. The second-order valence-corrected chi connectivity index (χ2v) is 4.42. The maximum Gasteiger partial charge on any atom is 0.109 e. The number of hydrogen-bond donors (Lipinski definition) is 1. The number of nitrogens with zero attached hydrogens (tertiary/aromatic N) is 3. The average molecular weight is 210 g/mol. The molecule has 0 unspecified atom stereocenters. The van der Waals surface area contributed by atoms with Crippen molar-refractivity contribution >= 4 is 6.72 Å². The number of hydrazone groups is 1. The van der Waals surface area contributed by atoms with E-state index in [0.717, 1.165) is 31.9 Å². The van der Waals surface area contributed by atoms with Crippen LogP contribution in [0.3, 0.4) is 0 Å². The minimum absolute atomic E-state index is 0.143. The summed E-state index contributed by atoms with van der Waals surface area (Å²) in [6.45, 7) is 18.0. The Morgan fingerprint density at radius 2 is 1.93 bits per heavy atom. The molecule has 0 saturated carbocycles. The summed E-state index contributed by atoms with van der Waals surface area (Å²) in [7, 11) is 0. The molecule has 1 saturated heterocycles. The zero-order valence-electron chi connectivity index (χ0n) is 10.1. The average Bonchev–Trinajstić information content (AvgIpc) is 2.19. The second-order valence-electron chi connectivity index (χ2n) is 4.42. The normalized spacial score (nSPS) is 18.6. The van der Waals surface area contributed by atoms with Gasteiger partial charge in [0.15, 0.2) is 0 Å². The monoisotopic (exact) mass is 210 g/mol. The Kier molecular flexibility index (Phi) is 3.88. The molecule has 0 aromatic heterocycles. The van der Waals surface area contributed by atoms with E-state index in [1.165, 1.54) is 0 Å². The predicted octanol–water partition coefficient (Wildman–Crippen LogP) is 1.08. The number of piperazine rings is 1. The molecule has 4 heteroatoms. The van der Waals surface area contributed by atoms with Gasteiger partial charge in [0.25, 0.3) is 0 Å². The molecule has 86 valence electrons. The van der Waals surface area contributed by atoms with Crippen molar-refractivity contribution in [2.24, 2.45) is 5.10 Å². The van der Waals surface area contributed by atoms with E-state index in [1.807, 2.05) is 11.9 Å². The Morgan fingerprint density at radius 1 is 1.40 bits per heavy atom. The summed E-state index contributed by atoms with van der Waals surface area (Å²) >= 11 is 0. The molecule has 0 spiro atoms. The summed E-state index contributed by atoms with van der Waals surface area (Å²) in [4.78, 5) is 2.40. The lowest BCUT2D eigenvalue weighted by Gasteiger charge is -2.46. The van der Waals surface area contributed by atoms with Crippen LogP contribution in [0.15, 0.2) is 17.4 Å². The number of nitrogens with one attached hydrogen (secondary N) is 1.